The summed E-state index contributed by atoms with van der Waals surface area (Å²) in [7, 11) is 0. The standard InChI is InChI=1S/C31H25ClN2O2S/c32-26-11-12-29(36-21-22-6-2-1-3-7-22)28(18-26)27-13-15-37-31(27)25-10-4-8-23(16-25)17-30(35)34-20-24-9-5-14-33-19-24/h1-16,18-19H,17,20-21H2,(H,34,35). The zero-order valence-electron chi connectivity index (χ0n) is 20.1. The molecule has 37 heavy (non-hydrogen) atoms. The van der Waals surface area contributed by atoms with E-state index < -0.39 is 0 Å². The van der Waals surface area contributed by atoms with Crippen molar-refractivity contribution < 1.29 is 9.53 Å². The van der Waals surface area contributed by atoms with Gasteiger partial charge < -0.3 is 10.1 Å². The van der Waals surface area contributed by atoms with Gasteiger partial charge in [-0.1, -0.05) is 66.2 Å². The molecule has 1 amide bonds. The Morgan fingerprint density at radius 2 is 1.70 bits per heavy atom. The van der Waals surface area contributed by atoms with Gasteiger partial charge >= 0.3 is 0 Å². The van der Waals surface area contributed by atoms with E-state index in [9.17, 15) is 4.79 Å². The summed E-state index contributed by atoms with van der Waals surface area (Å²) in [6.07, 6.45) is 3.78. The number of amides is 1. The summed E-state index contributed by atoms with van der Waals surface area (Å²) in [5.74, 6) is 0.748. The molecule has 0 bridgehead atoms. The number of aromatic nitrogens is 1. The second-order valence-corrected chi connectivity index (χ2v) is 9.95. The molecule has 2 aromatic heterocycles. The number of nitrogens with zero attached hydrogens (tertiary/aromatic N) is 1. The molecule has 0 aliphatic heterocycles. The predicted molar refractivity (Wildman–Crippen MR) is 151 cm³/mol. The molecule has 2 heterocycles. The lowest BCUT2D eigenvalue weighted by Crippen LogP contribution is -2.24. The van der Waals surface area contributed by atoms with Crippen molar-refractivity contribution >= 4 is 28.8 Å². The Morgan fingerprint density at radius 3 is 2.54 bits per heavy atom. The van der Waals surface area contributed by atoms with Crippen molar-refractivity contribution in [2.24, 2.45) is 0 Å². The minimum Gasteiger partial charge on any atom is -0.488 e. The van der Waals surface area contributed by atoms with E-state index in [2.05, 4.69) is 33.9 Å². The van der Waals surface area contributed by atoms with Crippen molar-refractivity contribution in [2.45, 2.75) is 19.6 Å². The quantitative estimate of drug-likeness (QED) is 0.216. The van der Waals surface area contributed by atoms with Gasteiger partial charge in [0.15, 0.2) is 0 Å². The van der Waals surface area contributed by atoms with Crippen LogP contribution in [0.4, 0.5) is 0 Å². The van der Waals surface area contributed by atoms with Crippen molar-refractivity contribution in [3.63, 3.8) is 0 Å². The number of carbonyl (C=O) groups excluding carboxylic acids is 1. The summed E-state index contributed by atoms with van der Waals surface area (Å²) >= 11 is 8.06. The number of hydrogen-bond donors (Lipinski definition) is 1. The highest BCUT2D eigenvalue weighted by molar-refractivity contribution is 7.14. The van der Waals surface area contributed by atoms with Gasteiger partial charge in [0.05, 0.1) is 6.42 Å². The number of thiophene rings is 1. The number of hydrogen-bond acceptors (Lipinski definition) is 4. The molecule has 0 saturated carbocycles. The number of rotatable bonds is 9. The first kappa shape index (κ1) is 24.8. The molecule has 184 valence electrons. The smallest absolute Gasteiger partial charge is 0.224 e. The lowest BCUT2D eigenvalue weighted by atomic mass is 10.00. The number of ether oxygens (including phenoxy) is 1. The van der Waals surface area contributed by atoms with Crippen LogP contribution in [0.3, 0.4) is 0 Å². The average Bonchev–Trinajstić information content (AvgIpc) is 3.43. The van der Waals surface area contributed by atoms with Crippen LogP contribution in [0.25, 0.3) is 21.6 Å². The molecule has 5 rings (SSSR count). The Hall–Kier alpha value is -3.93. The Bertz CT molecular complexity index is 1490. The maximum Gasteiger partial charge on any atom is 0.224 e. The molecule has 3 aromatic carbocycles. The Kier molecular flexibility index (Phi) is 7.94. The van der Waals surface area contributed by atoms with E-state index in [1.807, 2.05) is 72.8 Å². The third-order valence-corrected chi connectivity index (χ3v) is 7.10. The lowest BCUT2D eigenvalue weighted by molar-refractivity contribution is -0.120. The monoisotopic (exact) mass is 524 g/mol. The number of halogens is 1. The summed E-state index contributed by atoms with van der Waals surface area (Å²) in [6, 6.07) is 29.8. The molecule has 4 nitrogen and oxygen atoms in total. The number of pyridine rings is 1. The molecule has 0 radical (unpaired) electrons. The Morgan fingerprint density at radius 1 is 0.865 bits per heavy atom. The summed E-state index contributed by atoms with van der Waals surface area (Å²) in [4.78, 5) is 17.8. The number of nitrogens with one attached hydrogen (secondary N) is 1. The average molecular weight is 525 g/mol. The second-order valence-electron chi connectivity index (χ2n) is 8.59. The van der Waals surface area contributed by atoms with E-state index >= 15 is 0 Å². The van der Waals surface area contributed by atoms with E-state index in [0.29, 0.717) is 24.6 Å². The van der Waals surface area contributed by atoms with Crippen LogP contribution < -0.4 is 10.1 Å². The van der Waals surface area contributed by atoms with Crippen LogP contribution in [-0.2, 0) is 24.4 Å². The van der Waals surface area contributed by atoms with Crippen LogP contribution in [0.15, 0.2) is 109 Å². The summed E-state index contributed by atoms with van der Waals surface area (Å²) in [5.41, 5.74) is 6.07. The van der Waals surface area contributed by atoms with Gasteiger partial charge in [0.1, 0.15) is 12.4 Å². The zero-order valence-corrected chi connectivity index (χ0v) is 21.6. The van der Waals surface area contributed by atoms with Gasteiger partial charge in [0, 0.05) is 40.0 Å². The Balaban J connectivity index is 1.35. The fourth-order valence-electron chi connectivity index (χ4n) is 4.09. The van der Waals surface area contributed by atoms with Gasteiger partial charge in [-0.3, -0.25) is 9.78 Å². The molecule has 0 saturated heterocycles. The van der Waals surface area contributed by atoms with Crippen LogP contribution >= 0.6 is 22.9 Å². The fraction of sp³-hybridized carbons (Fsp3) is 0.0968. The molecule has 5 aromatic rings. The minimum absolute atomic E-state index is 0.0288. The van der Waals surface area contributed by atoms with Crippen LogP contribution in [0, 0.1) is 0 Å². The van der Waals surface area contributed by atoms with Crippen LogP contribution in [0.5, 0.6) is 5.75 Å². The molecule has 0 spiro atoms. The zero-order chi connectivity index (χ0) is 25.5. The van der Waals surface area contributed by atoms with Crippen molar-refractivity contribution in [1.29, 1.82) is 0 Å². The SMILES string of the molecule is O=C(Cc1cccc(-c2sccc2-c2cc(Cl)ccc2OCc2ccccc2)c1)NCc1cccnc1. The maximum absolute atomic E-state index is 12.6. The normalized spacial score (nSPS) is 10.7. The molecule has 0 atom stereocenters. The first-order valence-corrected chi connectivity index (χ1v) is 13.2. The molecule has 0 unspecified atom stereocenters. The summed E-state index contributed by atoms with van der Waals surface area (Å²) in [6.45, 7) is 0.931. The maximum atomic E-state index is 12.6. The largest absolute Gasteiger partial charge is 0.488 e. The van der Waals surface area contributed by atoms with E-state index in [1.165, 1.54) is 0 Å². The van der Waals surface area contributed by atoms with Crippen molar-refractivity contribution in [2.75, 3.05) is 0 Å². The van der Waals surface area contributed by atoms with E-state index in [-0.39, 0.29) is 5.91 Å². The van der Waals surface area contributed by atoms with Crippen LogP contribution in [0.1, 0.15) is 16.7 Å². The third-order valence-electron chi connectivity index (χ3n) is 5.90. The number of benzene rings is 3. The van der Waals surface area contributed by atoms with E-state index in [0.717, 1.165) is 44.0 Å². The van der Waals surface area contributed by atoms with Crippen molar-refractivity contribution in [1.82, 2.24) is 10.3 Å². The van der Waals surface area contributed by atoms with Gasteiger partial charge in [0.25, 0.3) is 0 Å². The van der Waals surface area contributed by atoms with E-state index in [4.69, 9.17) is 16.3 Å². The topological polar surface area (TPSA) is 51.2 Å². The summed E-state index contributed by atoms with van der Waals surface area (Å²) < 4.78 is 6.22. The van der Waals surface area contributed by atoms with Gasteiger partial charge in [-0.15, -0.1) is 11.3 Å². The van der Waals surface area contributed by atoms with Crippen LogP contribution in [0.2, 0.25) is 5.02 Å². The van der Waals surface area contributed by atoms with Gasteiger partial charge in [0.2, 0.25) is 5.91 Å². The van der Waals surface area contributed by atoms with E-state index in [1.54, 1.807) is 23.7 Å². The number of carbonyl (C=O) groups is 1. The first-order valence-electron chi connectivity index (χ1n) is 11.9. The highest BCUT2D eigenvalue weighted by atomic mass is 35.5. The van der Waals surface area contributed by atoms with Crippen molar-refractivity contribution in [3.8, 4) is 27.3 Å². The molecular formula is C31H25ClN2O2S. The third kappa shape index (κ3) is 6.45. The van der Waals surface area contributed by atoms with Gasteiger partial charge in [-0.2, -0.15) is 0 Å². The van der Waals surface area contributed by atoms with Gasteiger partial charge in [-0.05, 0) is 64.0 Å². The molecule has 0 aliphatic rings. The van der Waals surface area contributed by atoms with Gasteiger partial charge in [-0.25, -0.2) is 0 Å². The molecule has 6 heteroatoms. The highest BCUT2D eigenvalue weighted by Crippen LogP contribution is 2.42. The highest BCUT2D eigenvalue weighted by Gasteiger charge is 2.15. The molecule has 1 N–H and O–H groups in total. The molecule has 0 aliphatic carbocycles. The van der Waals surface area contributed by atoms with Crippen molar-refractivity contribution in [3.05, 3.63) is 130 Å². The molecule has 0 fully saturated rings. The fourth-order valence-corrected chi connectivity index (χ4v) is 5.17. The first-order chi connectivity index (χ1) is 18.2. The Labute approximate surface area is 225 Å². The molecular weight excluding hydrogens is 500 g/mol. The minimum atomic E-state index is -0.0288. The predicted octanol–water partition coefficient (Wildman–Crippen LogP) is 7.57. The van der Waals surface area contributed by atoms with Crippen LogP contribution in [-0.4, -0.2) is 10.9 Å². The summed E-state index contributed by atoms with van der Waals surface area (Å²) in [5, 5.41) is 5.69. The lowest BCUT2D eigenvalue weighted by Gasteiger charge is -2.14. The second kappa shape index (κ2) is 11.9.